The molecule has 0 bridgehead atoms. The zero-order chi connectivity index (χ0) is 47.0. The Morgan fingerprint density at radius 3 is 1.66 bits per heavy atom. The molecule has 1 aliphatic rings. The number of aromatic nitrogens is 3. The van der Waals surface area contributed by atoms with Crippen LogP contribution in [0.15, 0.2) is 164 Å². The van der Waals surface area contributed by atoms with Crippen molar-refractivity contribution in [2.45, 2.75) is 12.1 Å². The normalized spacial score (nSPS) is 12.6. The Labute approximate surface area is 399 Å². The van der Waals surface area contributed by atoms with Crippen molar-refractivity contribution >= 4 is 67.7 Å². The van der Waals surface area contributed by atoms with Gasteiger partial charge < -0.3 is 39.8 Å². The lowest BCUT2D eigenvalue weighted by molar-refractivity contribution is -0.124. The second-order valence-electron chi connectivity index (χ2n) is 15.5. The summed E-state index contributed by atoms with van der Waals surface area (Å²) in [5, 5.41) is 31.1. The molecule has 3 aromatic heterocycles. The van der Waals surface area contributed by atoms with E-state index < -0.39 is 12.1 Å². The van der Waals surface area contributed by atoms with Crippen LogP contribution in [0.5, 0.6) is 34.5 Å². The standard InChI is InChI=1S/C27H20ClN3O3.C26H21ClN2O5/c28-22-14-21(27(33)26-20(22)10-6-12-29-26)25(18-13-17-7-4-5-11-23(17)30-15-18)31-24(32)16-34-19-8-2-1-3-9-19;27-20-14-19(26(31)25-18(20)7-4-10-28-25)24(16-8-9-21-22(13-16)33-12-11-32-21)29-23(30)15-34-17-5-2-1-3-6-17/h1-15,25,33H,16H2,(H,31,32);1-10,13-14,24,31H,11-12,15H2,(H,29,30). The van der Waals surface area contributed by atoms with E-state index in [2.05, 4.69) is 25.6 Å². The third-order valence-electron chi connectivity index (χ3n) is 11.0. The molecule has 0 saturated heterocycles. The Balaban J connectivity index is 0.000000170. The number of carbonyl (C=O) groups is 2. The predicted octanol–water partition coefficient (Wildman–Crippen LogP) is 10.1. The van der Waals surface area contributed by atoms with E-state index in [1.165, 1.54) is 0 Å². The average molecular weight is 947 g/mol. The number of para-hydroxylation sites is 3. The molecule has 2 atom stereocenters. The van der Waals surface area contributed by atoms with Crippen LogP contribution in [0.2, 0.25) is 10.0 Å². The molecule has 15 heteroatoms. The van der Waals surface area contributed by atoms with Crippen molar-refractivity contribution in [2.24, 2.45) is 0 Å². The van der Waals surface area contributed by atoms with Gasteiger partial charge in [0, 0.05) is 45.9 Å². The molecule has 68 heavy (non-hydrogen) atoms. The number of aromatic hydroxyl groups is 2. The van der Waals surface area contributed by atoms with E-state index >= 15 is 0 Å². The zero-order valence-electron chi connectivity index (χ0n) is 36.0. The van der Waals surface area contributed by atoms with Crippen molar-refractivity contribution in [1.82, 2.24) is 25.6 Å². The van der Waals surface area contributed by atoms with E-state index in [1.54, 1.807) is 91.4 Å². The lowest BCUT2D eigenvalue weighted by Crippen LogP contribution is -2.33. The van der Waals surface area contributed by atoms with Crippen molar-refractivity contribution in [3.63, 3.8) is 0 Å². The molecule has 10 rings (SSSR count). The van der Waals surface area contributed by atoms with E-state index in [4.69, 9.17) is 42.1 Å². The van der Waals surface area contributed by atoms with Gasteiger partial charge in [0.15, 0.2) is 24.7 Å². The Hall–Kier alpha value is -8.13. The highest BCUT2D eigenvalue weighted by molar-refractivity contribution is 6.36. The third kappa shape index (κ3) is 10.1. The van der Waals surface area contributed by atoms with Gasteiger partial charge in [-0.1, -0.05) is 83.9 Å². The van der Waals surface area contributed by atoms with Gasteiger partial charge in [0.05, 0.1) is 27.6 Å². The van der Waals surface area contributed by atoms with Crippen molar-refractivity contribution < 1.29 is 38.7 Å². The van der Waals surface area contributed by atoms with Gasteiger partial charge in [-0.05, 0) is 96.1 Å². The van der Waals surface area contributed by atoms with Crippen molar-refractivity contribution in [3.8, 4) is 34.5 Å². The maximum atomic E-state index is 12.9. The van der Waals surface area contributed by atoms with Gasteiger partial charge >= 0.3 is 0 Å². The Morgan fingerprint density at radius 2 is 1.09 bits per heavy atom. The molecule has 9 aromatic rings. The largest absolute Gasteiger partial charge is 0.505 e. The summed E-state index contributed by atoms with van der Waals surface area (Å²) >= 11 is 13.1. The van der Waals surface area contributed by atoms with Crippen LogP contribution < -0.4 is 29.6 Å². The second kappa shape index (κ2) is 20.6. The van der Waals surface area contributed by atoms with Gasteiger partial charge in [0.25, 0.3) is 11.8 Å². The summed E-state index contributed by atoms with van der Waals surface area (Å²) < 4.78 is 22.5. The number of rotatable bonds is 12. The molecule has 2 amide bonds. The number of amides is 2. The number of hydrogen-bond acceptors (Lipinski definition) is 11. The van der Waals surface area contributed by atoms with Crippen LogP contribution in [0.3, 0.4) is 0 Å². The van der Waals surface area contributed by atoms with E-state index in [-0.39, 0.29) is 36.5 Å². The molecule has 6 aromatic carbocycles. The number of fused-ring (bicyclic) bond motifs is 4. The van der Waals surface area contributed by atoms with Crippen LogP contribution in [-0.2, 0) is 9.59 Å². The first-order valence-corrected chi connectivity index (χ1v) is 22.2. The smallest absolute Gasteiger partial charge is 0.258 e. The Morgan fingerprint density at radius 1 is 0.574 bits per heavy atom. The SMILES string of the molecule is O=C(COc1ccccc1)NC(c1ccc2c(c1)OCCO2)c1cc(Cl)c2cccnc2c1O.O=C(COc1ccccc1)NC(c1cnc2ccccc2c1)c1cc(Cl)c2cccnc2c1O. The molecule has 0 radical (unpaired) electrons. The lowest BCUT2D eigenvalue weighted by Gasteiger charge is -2.24. The maximum absolute atomic E-state index is 12.9. The molecule has 4 heterocycles. The van der Waals surface area contributed by atoms with Gasteiger partial charge in [-0.2, -0.15) is 0 Å². The first-order valence-electron chi connectivity index (χ1n) is 21.4. The number of hydrogen-bond donors (Lipinski definition) is 4. The number of pyridine rings is 3. The first-order chi connectivity index (χ1) is 33.2. The van der Waals surface area contributed by atoms with Crippen LogP contribution in [0.25, 0.3) is 32.7 Å². The average Bonchev–Trinajstić information content (AvgIpc) is 3.39. The summed E-state index contributed by atoms with van der Waals surface area (Å²) in [7, 11) is 0. The highest BCUT2D eigenvalue weighted by Gasteiger charge is 2.27. The molecule has 0 spiro atoms. The van der Waals surface area contributed by atoms with Crippen LogP contribution in [-0.4, -0.2) is 63.4 Å². The lowest BCUT2D eigenvalue weighted by atomic mass is 9.95. The zero-order valence-corrected chi connectivity index (χ0v) is 37.5. The van der Waals surface area contributed by atoms with E-state index in [1.807, 2.05) is 72.8 Å². The third-order valence-corrected chi connectivity index (χ3v) is 11.6. The fraction of sp³-hybridized carbons (Fsp3) is 0.113. The summed E-state index contributed by atoms with van der Waals surface area (Å²) in [5.74, 6) is 1.49. The van der Waals surface area contributed by atoms with Crippen LogP contribution in [0.4, 0.5) is 0 Å². The molecule has 340 valence electrons. The molecule has 13 nitrogen and oxygen atoms in total. The van der Waals surface area contributed by atoms with Crippen LogP contribution in [0, 0.1) is 0 Å². The molecular weight excluding hydrogens is 906 g/mol. The highest BCUT2D eigenvalue weighted by Crippen LogP contribution is 2.42. The minimum atomic E-state index is -0.744. The number of halogens is 2. The van der Waals surface area contributed by atoms with E-state index in [9.17, 15) is 19.8 Å². The summed E-state index contributed by atoms with van der Waals surface area (Å²) in [6.07, 6.45) is 4.84. The molecule has 0 aliphatic carbocycles. The van der Waals surface area contributed by atoms with Crippen molar-refractivity contribution in [1.29, 1.82) is 0 Å². The number of nitrogens with one attached hydrogen (secondary N) is 2. The number of nitrogens with zero attached hydrogens (tertiary/aromatic N) is 3. The molecular formula is C53H41Cl2N5O8. The van der Waals surface area contributed by atoms with Gasteiger partial charge in [-0.25, -0.2) is 0 Å². The number of carbonyl (C=O) groups excluding carboxylic acids is 2. The van der Waals surface area contributed by atoms with E-state index in [0.717, 1.165) is 10.9 Å². The Kier molecular flexibility index (Phi) is 13.6. The number of ether oxygens (including phenoxy) is 4. The first kappa shape index (κ1) is 45.0. The van der Waals surface area contributed by atoms with Crippen molar-refractivity contribution in [3.05, 3.63) is 196 Å². The van der Waals surface area contributed by atoms with Crippen molar-refractivity contribution in [2.75, 3.05) is 26.4 Å². The van der Waals surface area contributed by atoms with Gasteiger partial charge in [-0.3, -0.25) is 24.5 Å². The molecule has 1 aliphatic heterocycles. The quantitative estimate of drug-likeness (QED) is 0.0918. The maximum Gasteiger partial charge on any atom is 0.258 e. The number of phenols is 2. The molecule has 0 fully saturated rings. The number of phenolic OH excluding ortho intramolecular Hbond substituents is 2. The minimum Gasteiger partial charge on any atom is -0.505 e. The van der Waals surface area contributed by atoms with E-state index in [0.29, 0.717) is 90.3 Å². The molecule has 2 unspecified atom stereocenters. The summed E-state index contributed by atoms with van der Waals surface area (Å²) in [6.45, 7) is 0.499. The fourth-order valence-corrected chi connectivity index (χ4v) is 8.30. The predicted molar refractivity (Wildman–Crippen MR) is 260 cm³/mol. The topological polar surface area (TPSA) is 174 Å². The van der Waals surface area contributed by atoms with Crippen LogP contribution >= 0.6 is 23.2 Å². The van der Waals surface area contributed by atoms with Gasteiger partial charge in [-0.15, -0.1) is 0 Å². The number of benzene rings is 6. The summed E-state index contributed by atoms with van der Waals surface area (Å²) in [6, 6.07) is 42.0. The molecule has 4 N–H and O–H groups in total. The van der Waals surface area contributed by atoms with Gasteiger partial charge in [0.1, 0.15) is 47.2 Å². The summed E-state index contributed by atoms with van der Waals surface area (Å²) in [5.41, 5.74) is 3.72. The summed E-state index contributed by atoms with van der Waals surface area (Å²) in [4.78, 5) is 38.9. The van der Waals surface area contributed by atoms with Gasteiger partial charge in [0.2, 0.25) is 0 Å². The second-order valence-corrected chi connectivity index (χ2v) is 16.3. The van der Waals surface area contributed by atoms with Crippen LogP contribution in [0.1, 0.15) is 34.3 Å². The minimum absolute atomic E-state index is 0.0533. The fourth-order valence-electron chi connectivity index (χ4n) is 7.76. The Bertz CT molecular complexity index is 3270. The molecule has 0 saturated carbocycles. The monoisotopic (exact) mass is 945 g/mol. The highest BCUT2D eigenvalue weighted by atomic mass is 35.5.